The maximum Gasteiger partial charge on any atom is 0.308 e. The van der Waals surface area contributed by atoms with E-state index in [2.05, 4.69) is 9.97 Å². The van der Waals surface area contributed by atoms with E-state index in [9.17, 15) is 9.59 Å². The average Bonchev–Trinajstić information content (AvgIpc) is 3.19. The van der Waals surface area contributed by atoms with Crippen LogP contribution in [0.3, 0.4) is 0 Å². The molecular formula is C20H15ClN2O3. The number of Topliss-reactive ketones (excluding diaryl/α,β-unsaturated/α-hetero) is 1. The van der Waals surface area contributed by atoms with E-state index in [1.807, 2.05) is 48.5 Å². The number of benzene rings is 2. The van der Waals surface area contributed by atoms with Crippen LogP contribution in [-0.2, 0) is 4.79 Å². The van der Waals surface area contributed by atoms with Crippen molar-refractivity contribution in [2.75, 3.05) is 5.88 Å². The number of carbonyl (C=O) groups is 2. The molecule has 2 aromatic heterocycles. The van der Waals surface area contributed by atoms with Crippen LogP contribution < -0.4 is 4.74 Å². The first kappa shape index (κ1) is 16.4. The van der Waals surface area contributed by atoms with Gasteiger partial charge in [0.1, 0.15) is 5.69 Å². The Morgan fingerprint density at radius 3 is 2.15 bits per heavy atom. The molecule has 130 valence electrons. The molecule has 0 saturated carbocycles. The lowest BCUT2D eigenvalue weighted by atomic mass is 10.1. The van der Waals surface area contributed by atoms with Crippen LogP contribution in [0.25, 0.3) is 33.2 Å². The summed E-state index contributed by atoms with van der Waals surface area (Å²) in [6.45, 7) is 1.35. The highest BCUT2D eigenvalue weighted by atomic mass is 35.5. The third kappa shape index (κ3) is 2.57. The third-order valence-electron chi connectivity index (χ3n) is 4.26. The van der Waals surface area contributed by atoms with Crippen LogP contribution in [-0.4, -0.2) is 27.6 Å². The average molecular weight is 367 g/mol. The summed E-state index contributed by atoms with van der Waals surface area (Å²) in [4.78, 5) is 30.7. The topological polar surface area (TPSA) is 75.0 Å². The van der Waals surface area contributed by atoms with Gasteiger partial charge < -0.3 is 14.7 Å². The van der Waals surface area contributed by atoms with Crippen molar-refractivity contribution in [2.45, 2.75) is 6.92 Å². The first-order chi connectivity index (χ1) is 12.6. The van der Waals surface area contributed by atoms with Gasteiger partial charge in [0.2, 0.25) is 0 Å². The number of H-pyrrole nitrogens is 2. The van der Waals surface area contributed by atoms with E-state index in [1.54, 1.807) is 0 Å². The molecule has 2 aromatic carbocycles. The van der Waals surface area contributed by atoms with Gasteiger partial charge in [-0.25, -0.2) is 0 Å². The standard InChI is InChI=1S/C20H15ClN2O3/c1-11(24)26-20-13-7-3-5-9-15(13)23-19(20)18-17(16(25)10-21)12-6-2-4-8-14(12)22-18/h2-9,22-23H,10H2,1H3. The molecule has 0 aliphatic carbocycles. The fourth-order valence-corrected chi connectivity index (χ4v) is 3.36. The summed E-state index contributed by atoms with van der Waals surface area (Å²) in [5.41, 5.74) is 3.20. The fourth-order valence-electron chi connectivity index (χ4n) is 3.23. The quantitative estimate of drug-likeness (QED) is 0.313. The van der Waals surface area contributed by atoms with E-state index in [0.29, 0.717) is 22.7 Å². The Labute approximate surface area is 153 Å². The minimum Gasteiger partial charge on any atom is -0.424 e. The van der Waals surface area contributed by atoms with Gasteiger partial charge in [0.15, 0.2) is 11.5 Å². The first-order valence-electron chi connectivity index (χ1n) is 8.09. The number of nitrogens with one attached hydrogen (secondary N) is 2. The Hall–Kier alpha value is -3.05. The second-order valence-corrected chi connectivity index (χ2v) is 6.21. The number of ketones is 1. The van der Waals surface area contributed by atoms with Crippen LogP contribution in [0.5, 0.6) is 5.75 Å². The molecule has 5 nitrogen and oxygen atoms in total. The van der Waals surface area contributed by atoms with Crippen LogP contribution in [0.2, 0.25) is 0 Å². The Bertz CT molecular complexity index is 1160. The Kier molecular flexibility index (Phi) is 4.01. The summed E-state index contributed by atoms with van der Waals surface area (Å²) in [6, 6.07) is 15.0. The number of halogens is 1. The van der Waals surface area contributed by atoms with Crippen LogP contribution in [0.4, 0.5) is 0 Å². The monoisotopic (exact) mass is 366 g/mol. The largest absolute Gasteiger partial charge is 0.424 e. The second kappa shape index (κ2) is 6.35. The van der Waals surface area contributed by atoms with Crippen molar-refractivity contribution in [1.82, 2.24) is 9.97 Å². The molecule has 4 rings (SSSR count). The highest BCUT2D eigenvalue weighted by Crippen LogP contribution is 2.40. The molecule has 2 heterocycles. The number of alkyl halides is 1. The summed E-state index contributed by atoms with van der Waals surface area (Å²) in [5.74, 6) is -0.384. The van der Waals surface area contributed by atoms with Crippen molar-refractivity contribution in [3.63, 3.8) is 0 Å². The highest BCUT2D eigenvalue weighted by Gasteiger charge is 2.24. The lowest BCUT2D eigenvalue weighted by Gasteiger charge is -2.05. The molecule has 0 saturated heterocycles. The van der Waals surface area contributed by atoms with Crippen molar-refractivity contribution in [2.24, 2.45) is 0 Å². The molecule has 0 unspecified atom stereocenters. The summed E-state index contributed by atoms with van der Waals surface area (Å²) >= 11 is 5.85. The number of aromatic amines is 2. The van der Waals surface area contributed by atoms with E-state index >= 15 is 0 Å². The van der Waals surface area contributed by atoms with E-state index in [4.69, 9.17) is 16.3 Å². The van der Waals surface area contributed by atoms with Crippen molar-refractivity contribution >= 4 is 45.2 Å². The zero-order valence-corrected chi connectivity index (χ0v) is 14.7. The minimum atomic E-state index is -0.433. The Balaban J connectivity index is 2.07. The van der Waals surface area contributed by atoms with E-state index < -0.39 is 5.97 Å². The second-order valence-electron chi connectivity index (χ2n) is 5.95. The van der Waals surface area contributed by atoms with E-state index in [-0.39, 0.29) is 11.7 Å². The molecule has 26 heavy (non-hydrogen) atoms. The van der Waals surface area contributed by atoms with E-state index in [1.165, 1.54) is 6.92 Å². The Morgan fingerprint density at radius 2 is 1.50 bits per heavy atom. The molecule has 2 N–H and O–H groups in total. The maximum atomic E-state index is 12.6. The predicted molar refractivity (Wildman–Crippen MR) is 102 cm³/mol. The number of hydrogen-bond donors (Lipinski definition) is 2. The summed E-state index contributed by atoms with van der Waals surface area (Å²) in [6.07, 6.45) is 0. The van der Waals surface area contributed by atoms with Crippen LogP contribution >= 0.6 is 11.6 Å². The summed E-state index contributed by atoms with van der Waals surface area (Å²) in [7, 11) is 0. The Morgan fingerprint density at radius 1 is 0.923 bits per heavy atom. The van der Waals surface area contributed by atoms with Crippen LogP contribution in [0.1, 0.15) is 17.3 Å². The van der Waals surface area contributed by atoms with Crippen LogP contribution in [0.15, 0.2) is 48.5 Å². The fraction of sp³-hybridized carbons (Fsp3) is 0.100. The number of para-hydroxylation sites is 2. The number of rotatable bonds is 4. The third-order valence-corrected chi connectivity index (χ3v) is 4.50. The number of esters is 1. The molecule has 0 radical (unpaired) electrons. The zero-order valence-electron chi connectivity index (χ0n) is 13.9. The summed E-state index contributed by atoms with van der Waals surface area (Å²) < 4.78 is 5.48. The predicted octanol–water partition coefficient (Wildman–Crippen LogP) is 4.66. The van der Waals surface area contributed by atoms with Gasteiger partial charge in [-0.3, -0.25) is 9.59 Å². The smallest absolute Gasteiger partial charge is 0.308 e. The highest BCUT2D eigenvalue weighted by molar-refractivity contribution is 6.33. The number of hydrogen-bond acceptors (Lipinski definition) is 3. The number of ether oxygens (including phenoxy) is 1. The molecule has 4 aromatic rings. The van der Waals surface area contributed by atoms with Gasteiger partial charge in [0, 0.05) is 28.7 Å². The van der Waals surface area contributed by atoms with Crippen molar-refractivity contribution in [3.05, 3.63) is 54.1 Å². The lowest BCUT2D eigenvalue weighted by molar-refractivity contribution is -0.131. The number of carbonyl (C=O) groups excluding carboxylic acids is 2. The molecule has 0 aliphatic heterocycles. The molecule has 0 aliphatic rings. The maximum absolute atomic E-state index is 12.6. The van der Waals surface area contributed by atoms with Gasteiger partial charge in [-0.2, -0.15) is 0 Å². The normalized spacial score (nSPS) is 11.2. The van der Waals surface area contributed by atoms with Gasteiger partial charge in [-0.15, -0.1) is 11.6 Å². The van der Waals surface area contributed by atoms with E-state index in [0.717, 1.165) is 21.8 Å². The molecule has 6 heteroatoms. The summed E-state index contributed by atoms with van der Waals surface area (Å²) in [5, 5.41) is 1.54. The number of fused-ring (bicyclic) bond motifs is 2. The SMILES string of the molecule is CC(=O)Oc1c(-c2[nH]c3ccccc3c2C(=O)CCl)[nH]c2ccccc12. The lowest BCUT2D eigenvalue weighted by Crippen LogP contribution is -2.04. The van der Waals surface area contributed by atoms with Crippen molar-refractivity contribution in [3.8, 4) is 17.1 Å². The van der Waals surface area contributed by atoms with Crippen molar-refractivity contribution < 1.29 is 14.3 Å². The van der Waals surface area contributed by atoms with Gasteiger partial charge in [0.05, 0.1) is 17.1 Å². The molecule has 0 amide bonds. The van der Waals surface area contributed by atoms with Gasteiger partial charge in [-0.1, -0.05) is 30.3 Å². The molecule has 0 fully saturated rings. The van der Waals surface area contributed by atoms with Crippen LogP contribution in [0, 0.1) is 0 Å². The van der Waals surface area contributed by atoms with Gasteiger partial charge >= 0.3 is 5.97 Å². The minimum absolute atomic E-state index is 0.141. The van der Waals surface area contributed by atoms with Crippen molar-refractivity contribution in [1.29, 1.82) is 0 Å². The molecule has 0 atom stereocenters. The molecule has 0 spiro atoms. The molecule has 0 bridgehead atoms. The molecular weight excluding hydrogens is 352 g/mol. The number of aromatic nitrogens is 2. The van der Waals surface area contributed by atoms with Gasteiger partial charge in [-0.05, 0) is 18.2 Å². The van der Waals surface area contributed by atoms with Gasteiger partial charge in [0.25, 0.3) is 0 Å². The zero-order chi connectivity index (χ0) is 18.3. The first-order valence-corrected chi connectivity index (χ1v) is 8.63.